The second-order valence-electron chi connectivity index (χ2n) is 2.32. The number of carboxylic acids is 2. The van der Waals surface area contributed by atoms with Gasteiger partial charge in [-0.3, -0.25) is 0 Å². The summed E-state index contributed by atoms with van der Waals surface area (Å²) in [6.07, 6.45) is 0. The number of carboxylic acid groups (broad SMARTS) is 2. The molecule has 0 bridgehead atoms. The molecule has 0 amide bonds. The van der Waals surface area contributed by atoms with Gasteiger partial charge in [0.05, 0.1) is 30.5 Å². The average Bonchev–Trinajstić information content (AvgIpc) is 2.30. The van der Waals surface area contributed by atoms with E-state index in [0.29, 0.717) is 0 Å². The number of hydrogen-bond acceptors (Lipinski definition) is 22. The van der Waals surface area contributed by atoms with E-state index in [1.54, 1.807) is 0 Å². The van der Waals surface area contributed by atoms with Crippen molar-refractivity contribution < 1.29 is 215 Å². The maximum atomic E-state index is 8.89. The molecular formula is C4H8CoCuDyFeGdLaMgN6O22-8. The molecule has 0 atom stereocenters. The standard InChI is InChI=1S/2C2H4O2.Co.Cu.Dy.Fe.Gd.La.Mg.6NO3.2H/c2*1-2(3)4;;;;;;;;6*2-1(3)4;;/h2*1H3,(H,3,4);;;;;;;;;;;;;;;/q;;;;;;;;;6*-1;;/p-2. The minimum Gasteiger partial charge on any atom is -0.550 e. The topological polar surface area (TPSA) is 477 Å². The number of hydrogen-bond donors (Lipinski definition) is 0. The van der Waals surface area contributed by atoms with Gasteiger partial charge in [0.25, 0.3) is 0 Å². The van der Waals surface area contributed by atoms with Gasteiger partial charge < -0.3 is 112 Å². The average molecular weight is 1150 g/mol. The molecule has 35 heteroatoms. The van der Waals surface area contributed by atoms with Crippen molar-refractivity contribution >= 4 is 35.0 Å². The van der Waals surface area contributed by atoms with E-state index in [1.165, 1.54) is 0 Å². The summed E-state index contributed by atoms with van der Waals surface area (Å²) in [5, 5.41) is 106. The predicted octanol–water partition coefficient (Wildman–Crippen LogP) is -4.85. The van der Waals surface area contributed by atoms with Gasteiger partial charge in [0, 0.05) is 177 Å². The van der Waals surface area contributed by atoms with Crippen LogP contribution in [0.4, 0.5) is 0 Å². The van der Waals surface area contributed by atoms with Crippen LogP contribution in [0.5, 0.6) is 0 Å². The van der Waals surface area contributed by atoms with Crippen LogP contribution in [0.25, 0.3) is 0 Å². The molecule has 245 valence electrons. The van der Waals surface area contributed by atoms with Crippen molar-refractivity contribution in [2.24, 2.45) is 0 Å². The second kappa shape index (κ2) is 90.3. The van der Waals surface area contributed by atoms with E-state index < -0.39 is 42.5 Å². The smallest absolute Gasteiger partial charge is 0.316 e. The molecule has 0 aliphatic rings. The van der Waals surface area contributed by atoms with E-state index in [0.717, 1.165) is 13.8 Å². The van der Waals surface area contributed by atoms with Crippen LogP contribution < -0.4 is 10.2 Å². The van der Waals surface area contributed by atoms with Crippen LogP contribution in [-0.2, 0) is 60.5 Å². The molecule has 0 unspecified atom stereocenters. The molecule has 28 nitrogen and oxygen atoms in total. The Morgan fingerprint density at radius 1 is 0.487 bits per heavy atom. The fourth-order valence-corrected chi connectivity index (χ4v) is 0. The summed E-state index contributed by atoms with van der Waals surface area (Å²) in [7, 11) is 0. The SMILES string of the molecule is CC(=O)[O-].CC(=O)[O-].O=[N+]([O-])[O-].O=[N+]([O-])[O-].O=[N+]([O-])[O-].O=[N+]([O-])[O-].O=[N+]([O-])[O-].O=[N+]([O-])[O-].[Co].[Cu].[Dy].[Fe].[Gd].[La].[MgH2]. The summed E-state index contributed by atoms with van der Waals surface area (Å²) in [5.74, 6) is -2.17. The quantitative estimate of drug-likeness (QED) is 0.125. The van der Waals surface area contributed by atoms with Gasteiger partial charge in [0.1, 0.15) is 0 Å². The van der Waals surface area contributed by atoms with Crippen molar-refractivity contribution in [1.82, 2.24) is 0 Å². The summed E-state index contributed by atoms with van der Waals surface area (Å²) in [4.78, 5) is 67.3. The van der Waals surface area contributed by atoms with E-state index in [4.69, 9.17) is 112 Å². The molecule has 0 aliphatic carbocycles. The van der Waals surface area contributed by atoms with E-state index in [1.807, 2.05) is 0 Å². The van der Waals surface area contributed by atoms with Crippen molar-refractivity contribution in [2.75, 3.05) is 0 Å². The van der Waals surface area contributed by atoms with Crippen LogP contribution in [0.2, 0.25) is 0 Å². The summed E-state index contributed by atoms with van der Waals surface area (Å²) in [6.45, 7) is 1.94. The van der Waals surface area contributed by atoms with Gasteiger partial charge in [0.2, 0.25) is 0 Å². The summed E-state index contributed by atoms with van der Waals surface area (Å²) in [6, 6.07) is 0. The van der Waals surface area contributed by atoms with E-state index in [-0.39, 0.29) is 188 Å². The monoisotopic (exact) mass is 1150 g/mol. The largest absolute Gasteiger partial charge is 0.550 e. The molecule has 0 aromatic rings. The zero-order valence-electron chi connectivity index (χ0n) is 16.9. The Balaban J connectivity index is -0.0000000127. The molecule has 0 N–H and O–H groups in total. The summed E-state index contributed by atoms with van der Waals surface area (Å²) in [5.41, 5.74) is 0. The molecule has 0 spiro atoms. The Labute approximate surface area is 350 Å². The Kier molecular flexibility index (Phi) is 226. The van der Waals surface area contributed by atoms with Crippen molar-refractivity contribution in [1.29, 1.82) is 0 Å². The molecule has 0 heterocycles. The zero-order chi connectivity index (χ0) is 28.6. The maximum Gasteiger partial charge on any atom is 0.316 e. The first kappa shape index (κ1) is 97.7. The number of carbonyl (C=O) groups is 2. The van der Waals surface area contributed by atoms with Crippen LogP contribution in [0, 0.1) is 206 Å². The fraction of sp³-hybridized carbons (Fsp3) is 0.500. The molecule has 0 rings (SSSR count). The third-order valence-corrected chi connectivity index (χ3v) is 0. The van der Waals surface area contributed by atoms with Crippen LogP contribution in [0.1, 0.15) is 13.8 Å². The van der Waals surface area contributed by atoms with Crippen LogP contribution in [0.3, 0.4) is 0 Å². The third-order valence-electron chi connectivity index (χ3n) is 0. The molecule has 0 saturated heterocycles. The van der Waals surface area contributed by atoms with Gasteiger partial charge in [0.15, 0.2) is 0 Å². The second-order valence-corrected chi connectivity index (χ2v) is 2.32. The number of rotatable bonds is 0. The normalized spacial score (nSPS) is 4.97. The minimum atomic E-state index is -1.75. The fourth-order valence-electron chi connectivity index (χ4n) is 0. The van der Waals surface area contributed by atoms with Gasteiger partial charge in [-0.1, -0.05) is 0 Å². The van der Waals surface area contributed by atoms with Crippen LogP contribution >= 0.6 is 0 Å². The first-order chi connectivity index (χ1) is 13.9. The molecule has 0 saturated carbocycles. The summed E-state index contributed by atoms with van der Waals surface area (Å²) < 4.78 is 0. The molecule has 0 aliphatic heterocycles. The van der Waals surface area contributed by atoms with Crippen LogP contribution in [-0.4, -0.2) is 65.5 Å². The Morgan fingerprint density at radius 3 is 0.487 bits per heavy atom. The maximum absolute atomic E-state index is 8.89. The molecule has 0 aromatic heterocycles. The number of nitrogens with zero attached hydrogens (tertiary/aromatic N) is 6. The van der Waals surface area contributed by atoms with E-state index >= 15 is 0 Å². The van der Waals surface area contributed by atoms with Gasteiger partial charge >= 0.3 is 23.1 Å². The molecule has 39 heavy (non-hydrogen) atoms. The Hall–Kier alpha value is 0.244. The van der Waals surface area contributed by atoms with Crippen molar-refractivity contribution in [3.63, 3.8) is 0 Å². The molecule has 3 radical (unpaired) electrons. The predicted molar refractivity (Wildman–Crippen MR) is 92.1 cm³/mol. The Bertz CT molecular complexity index is 413. The molecular weight excluding hydrogens is 1150 g/mol. The molecule has 0 aromatic carbocycles. The number of carbonyl (C=O) groups excluding carboxylic acids is 2. The van der Waals surface area contributed by atoms with E-state index in [2.05, 4.69) is 0 Å². The van der Waals surface area contributed by atoms with Gasteiger partial charge in [-0.05, 0) is 13.8 Å². The minimum absolute atomic E-state index is 0. The summed E-state index contributed by atoms with van der Waals surface area (Å²) >= 11 is 0. The third kappa shape index (κ3) is 845000. The first-order valence-corrected chi connectivity index (χ1v) is 5.10. The zero-order valence-corrected chi connectivity index (χ0v) is 27.9. The van der Waals surface area contributed by atoms with Gasteiger partial charge in [-0.25, -0.2) is 0 Å². The van der Waals surface area contributed by atoms with Crippen molar-refractivity contribution in [3.05, 3.63) is 91.9 Å². The Morgan fingerprint density at radius 2 is 0.487 bits per heavy atom. The number of aliphatic carboxylic acids is 2. The van der Waals surface area contributed by atoms with Crippen molar-refractivity contribution in [3.8, 4) is 0 Å². The van der Waals surface area contributed by atoms with Gasteiger partial charge in [-0.15, -0.1) is 0 Å². The molecule has 0 fully saturated rings. The van der Waals surface area contributed by atoms with Crippen LogP contribution in [0.15, 0.2) is 0 Å². The first-order valence-electron chi connectivity index (χ1n) is 5.10. The van der Waals surface area contributed by atoms with Crippen molar-refractivity contribution in [2.45, 2.75) is 13.8 Å². The van der Waals surface area contributed by atoms with Gasteiger partial charge in [-0.2, -0.15) is 0 Å². The van der Waals surface area contributed by atoms with E-state index in [9.17, 15) is 0 Å².